The lowest BCUT2D eigenvalue weighted by Crippen LogP contribution is -2.43. The van der Waals surface area contributed by atoms with Gasteiger partial charge in [-0.3, -0.25) is 19.7 Å². The molecule has 1 rings (SSSR count). The molecule has 8 nitrogen and oxygen atoms in total. The number of nitrogens with one attached hydrogen (secondary N) is 2. The minimum atomic E-state index is -0.830. The number of hydrogen-bond donors (Lipinski definition) is 2. The lowest BCUT2D eigenvalue weighted by molar-refractivity contribution is -0.385. The maximum Gasteiger partial charge on any atom is 0.319 e. The number of nitrogens with zero attached hydrogens (tertiary/aromatic N) is 2. The number of halogens is 1. The predicted octanol–water partition coefficient (Wildman–Crippen LogP) is 0.507. The average molecular weight is 287 g/mol. The van der Waals surface area contributed by atoms with Crippen molar-refractivity contribution in [1.82, 2.24) is 15.6 Å². The number of nitro groups is 1. The van der Waals surface area contributed by atoms with E-state index in [0.717, 1.165) is 6.07 Å². The van der Waals surface area contributed by atoms with Crippen molar-refractivity contribution in [2.24, 2.45) is 0 Å². The summed E-state index contributed by atoms with van der Waals surface area (Å²) < 4.78 is 0. The smallest absolute Gasteiger partial charge is 0.319 e. The van der Waals surface area contributed by atoms with Gasteiger partial charge >= 0.3 is 5.69 Å². The van der Waals surface area contributed by atoms with Gasteiger partial charge in [-0.15, -0.1) is 0 Å². The molecule has 0 saturated carbocycles. The van der Waals surface area contributed by atoms with Crippen LogP contribution in [0.5, 0.6) is 0 Å². The molecule has 1 atom stereocenters. The van der Waals surface area contributed by atoms with E-state index in [0.29, 0.717) is 0 Å². The fraction of sp³-hybridized carbons (Fsp3) is 0.300. The zero-order chi connectivity index (χ0) is 14.6. The second-order valence-corrected chi connectivity index (χ2v) is 3.92. The van der Waals surface area contributed by atoms with Crippen LogP contribution < -0.4 is 10.6 Å². The molecule has 0 fully saturated rings. The van der Waals surface area contributed by atoms with Crippen molar-refractivity contribution in [2.45, 2.75) is 13.0 Å². The molecule has 1 unspecified atom stereocenters. The number of amides is 2. The normalized spacial score (nSPS) is 11.5. The zero-order valence-corrected chi connectivity index (χ0v) is 10.9. The number of rotatable bonds is 4. The van der Waals surface area contributed by atoms with Gasteiger partial charge in [-0.1, -0.05) is 11.6 Å². The highest BCUT2D eigenvalue weighted by molar-refractivity contribution is 6.32. The number of carbonyl (C=O) groups excluding carboxylic acids is 2. The SMILES string of the molecule is CNC(=O)C(C)NC(=O)c1ccnc(Cl)c1[N+](=O)[O-]. The Balaban J connectivity index is 3.04. The third kappa shape index (κ3) is 3.38. The summed E-state index contributed by atoms with van der Waals surface area (Å²) >= 11 is 5.58. The Morgan fingerprint density at radius 3 is 2.68 bits per heavy atom. The highest BCUT2D eigenvalue weighted by Crippen LogP contribution is 2.25. The van der Waals surface area contributed by atoms with Crippen LogP contribution in [-0.4, -0.2) is 34.8 Å². The molecular weight excluding hydrogens is 276 g/mol. The Kier molecular flexibility index (Phi) is 4.76. The largest absolute Gasteiger partial charge is 0.357 e. The van der Waals surface area contributed by atoms with Gasteiger partial charge in [0.15, 0.2) is 0 Å². The van der Waals surface area contributed by atoms with Crippen molar-refractivity contribution >= 4 is 29.1 Å². The first-order valence-corrected chi connectivity index (χ1v) is 5.57. The van der Waals surface area contributed by atoms with E-state index >= 15 is 0 Å². The molecule has 1 heterocycles. The first-order valence-electron chi connectivity index (χ1n) is 5.19. The molecule has 1 aromatic heterocycles. The van der Waals surface area contributed by atoms with Crippen molar-refractivity contribution in [2.75, 3.05) is 7.05 Å². The van der Waals surface area contributed by atoms with Gasteiger partial charge in [-0.2, -0.15) is 0 Å². The van der Waals surface area contributed by atoms with E-state index in [-0.39, 0.29) is 10.7 Å². The van der Waals surface area contributed by atoms with Crippen molar-refractivity contribution in [1.29, 1.82) is 0 Å². The molecule has 0 bridgehead atoms. The van der Waals surface area contributed by atoms with E-state index in [1.807, 2.05) is 0 Å². The van der Waals surface area contributed by atoms with Crippen LogP contribution in [0.2, 0.25) is 5.15 Å². The van der Waals surface area contributed by atoms with Gasteiger partial charge in [0.2, 0.25) is 11.1 Å². The van der Waals surface area contributed by atoms with Crippen molar-refractivity contribution in [3.05, 3.63) is 33.1 Å². The fourth-order valence-electron chi connectivity index (χ4n) is 1.34. The number of pyridine rings is 1. The molecule has 0 saturated heterocycles. The third-order valence-electron chi connectivity index (χ3n) is 2.29. The lowest BCUT2D eigenvalue weighted by atomic mass is 10.2. The van der Waals surface area contributed by atoms with Crippen LogP contribution in [0, 0.1) is 10.1 Å². The Hall–Kier alpha value is -2.22. The maximum atomic E-state index is 11.9. The van der Waals surface area contributed by atoms with Gasteiger partial charge < -0.3 is 10.6 Å². The van der Waals surface area contributed by atoms with Crippen LogP contribution in [-0.2, 0) is 4.79 Å². The molecule has 0 aliphatic heterocycles. The van der Waals surface area contributed by atoms with Gasteiger partial charge in [0, 0.05) is 13.2 Å². The number of likely N-dealkylation sites (N-methyl/N-ethyl adjacent to an activating group) is 1. The summed E-state index contributed by atoms with van der Waals surface area (Å²) in [7, 11) is 1.41. The Morgan fingerprint density at radius 1 is 1.53 bits per heavy atom. The third-order valence-corrected chi connectivity index (χ3v) is 2.57. The molecule has 1 aromatic rings. The van der Waals surface area contributed by atoms with Crippen LogP contribution in [0.15, 0.2) is 12.3 Å². The molecule has 0 aliphatic carbocycles. The van der Waals surface area contributed by atoms with Gasteiger partial charge in [0.05, 0.1) is 4.92 Å². The van der Waals surface area contributed by atoms with E-state index < -0.39 is 28.5 Å². The van der Waals surface area contributed by atoms with E-state index in [1.54, 1.807) is 0 Å². The van der Waals surface area contributed by atoms with Crippen LogP contribution in [0.25, 0.3) is 0 Å². The van der Waals surface area contributed by atoms with Crippen LogP contribution in [0.4, 0.5) is 5.69 Å². The fourth-order valence-corrected chi connectivity index (χ4v) is 1.57. The van der Waals surface area contributed by atoms with Gasteiger partial charge in [-0.05, 0) is 13.0 Å². The summed E-state index contributed by atoms with van der Waals surface area (Å²) in [5, 5.41) is 15.1. The molecule has 0 spiro atoms. The molecule has 102 valence electrons. The van der Waals surface area contributed by atoms with Crippen LogP contribution in [0.3, 0.4) is 0 Å². The summed E-state index contributed by atoms with van der Waals surface area (Å²) in [6.07, 6.45) is 1.18. The summed E-state index contributed by atoms with van der Waals surface area (Å²) in [6.45, 7) is 1.45. The Morgan fingerprint density at radius 2 is 2.16 bits per heavy atom. The second-order valence-electron chi connectivity index (χ2n) is 3.56. The van der Waals surface area contributed by atoms with Crippen molar-refractivity contribution in [3.8, 4) is 0 Å². The van der Waals surface area contributed by atoms with Gasteiger partial charge in [0.25, 0.3) is 5.91 Å². The highest BCUT2D eigenvalue weighted by Gasteiger charge is 2.26. The summed E-state index contributed by atoms with van der Waals surface area (Å²) in [4.78, 5) is 36.7. The highest BCUT2D eigenvalue weighted by atomic mass is 35.5. The predicted molar refractivity (Wildman–Crippen MR) is 66.9 cm³/mol. The minimum absolute atomic E-state index is 0.249. The molecular formula is C10H11ClN4O4. The minimum Gasteiger partial charge on any atom is -0.357 e. The first-order chi connectivity index (χ1) is 8.88. The Bertz CT molecular complexity index is 534. The van der Waals surface area contributed by atoms with Crippen molar-refractivity contribution in [3.63, 3.8) is 0 Å². The second kappa shape index (κ2) is 6.10. The molecule has 0 aromatic carbocycles. The monoisotopic (exact) mass is 286 g/mol. The standard InChI is InChI=1S/C10H11ClN4O4/c1-5(9(16)12-2)14-10(17)6-3-4-13-8(11)7(6)15(18)19/h3-5H,1-2H3,(H,12,16)(H,14,17). The van der Waals surface area contributed by atoms with Crippen LogP contribution in [0.1, 0.15) is 17.3 Å². The molecule has 2 N–H and O–H groups in total. The molecule has 2 amide bonds. The molecule has 9 heteroatoms. The number of aromatic nitrogens is 1. The van der Waals surface area contributed by atoms with Gasteiger partial charge in [0.1, 0.15) is 11.6 Å². The topological polar surface area (TPSA) is 114 Å². The summed E-state index contributed by atoms with van der Waals surface area (Å²) in [6, 6.07) is 0.333. The lowest BCUT2D eigenvalue weighted by Gasteiger charge is -2.12. The van der Waals surface area contributed by atoms with Crippen molar-refractivity contribution < 1.29 is 14.5 Å². The number of carbonyl (C=O) groups is 2. The molecule has 0 aliphatic rings. The first kappa shape index (κ1) is 14.8. The van der Waals surface area contributed by atoms with E-state index in [4.69, 9.17) is 11.6 Å². The summed E-state index contributed by atoms with van der Waals surface area (Å²) in [5.41, 5.74) is -0.841. The van der Waals surface area contributed by atoms with Gasteiger partial charge in [-0.25, -0.2) is 4.98 Å². The zero-order valence-electron chi connectivity index (χ0n) is 10.1. The summed E-state index contributed by atoms with van der Waals surface area (Å²) in [5.74, 6) is -1.19. The van der Waals surface area contributed by atoms with E-state index in [2.05, 4.69) is 15.6 Å². The quantitative estimate of drug-likeness (QED) is 0.475. The average Bonchev–Trinajstić information content (AvgIpc) is 2.36. The maximum absolute atomic E-state index is 11.9. The number of hydrogen-bond acceptors (Lipinski definition) is 5. The Labute approximate surface area is 113 Å². The van der Waals surface area contributed by atoms with Crippen LogP contribution >= 0.6 is 11.6 Å². The van der Waals surface area contributed by atoms with E-state index in [9.17, 15) is 19.7 Å². The molecule has 0 radical (unpaired) electrons. The van der Waals surface area contributed by atoms with E-state index in [1.165, 1.54) is 20.2 Å². The molecule has 19 heavy (non-hydrogen) atoms.